The third-order valence-electron chi connectivity index (χ3n) is 4.91. The molecular formula is C22H22O9. The van der Waals surface area contributed by atoms with Gasteiger partial charge in [0, 0.05) is 17.2 Å². The molecule has 0 saturated heterocycles. The lowest BCUT2D eigenvalue weighted by Gasteiger charge is -2.24. The third kappa shape index (κ3) is 4.66. The Balaban J connectivity index is 1.95. The molecule has 0 radical (unpaired) electrons. The normalized spacial score (nSPS) is 15.3. The Kier molecular flexibility index (Phi) is 6.84. The zero-order chi connectivity index (χ0) is 22.7. The molecule has 3 aromatic rings. The van der Waals surface area contributed by atoms with E-state index in [0.717, 1.165) is 0 Å². The van der Waals surface area contributed by atoms with Crippen molar-refractivity contribution >= 4 is 16.8 Å². The lowest BCUT2D eigenvalue weighted by molar-refractivity contribution is -0.105. The summed E-state index contributed by atoms with van der Waals surface area (Å²) in [7, 11) is 1.53. The van der Waals surface area contributed by atoms with Gasteiger partial charge in [-0.05, 0) is 36.4 Å². The summed E-state index contributed by atoms with van der Waals surface area (Å²) in [6, 6.07) is 12.0. The predicted molar refractivity (Wildman–Crippen MR) is 110 cm³/mol. The van der Waals surface area contributed by atoms with Crippen LogP contribution in [0.2, 0.25) is 0 Å². The standard InChI is InChI=1S/C22H22O9/c1-30-13-5-2-11(3-6-13)17-9-15(24)14-7-4-12(8-18(14)31-17)19(26)21(28)22(29)20(27)16(25)10-23/h2-9,16,20-23,25,27-29H,10H2,1H3/t16-,20-,21+,22+/m1/s1. The molecule has 31 heavy (non-hydrogen) atoms. The quantitative estimate of drug-likeness (QED) is 0.312. The number of carbonyl (C=O) groups is 1. The molecule has 0 amide bonds. The fourth-order valence-corrected chi connectivity index (χ4v) is 3.05. The van der Waals surface area contributed by atoms with E-state index < -0.39 is 36.8 Å². The van der Waals surface area contributed by atoms with Crippen molar-refractivity contribution in [1.82, 2.24) is 0 Å². The van der Waals surface area contributed by atoms with E-state index in [1.807, 2.05) is 0 Å². The Morgan fingerprint density at radius 2 is 1.68 bits per heavy atom. The second kappa shape index (κ2) is 9.38. The summed E-state index contributed by atoms with van der Waals surface area (Å²) in [4.78, 5) is 25.0. The first-order valence-corrected chi connectivity index (χ1v) is 9.36. The molecule has 0 saturated carbocycles. The van der Waals surface area contributed by atoms with Crippen LogP contribution in [0.5, 0.6) is 5.75 Å². The topological polar surface area (TPSA) is 158 Å². The van der Waals surface area contributed by atoms with E-state index in [9.17, 15) is 30.0 Å². The van der Waals surface area contributed by atoms with Crippen LogP contribution in [0.25, 0.3) is 22.3 Å². The van der Waals surface area contributed by atoms with Crippen molar-refractivity contribution in [3.05, 3.63) is 64.3 Å². The Labute approximate surface area is 176 Å². The van der Waals surface area contributed by atoms with Crippen LogP contribution in [0, 0.1) is 0 Å². The number of benzene rings is 2. The van der Waals surface area contributed by atoms with Crippen LogP contribution in [-0.4, -0.2) is 69.4 Å². The highest BCUT2D eigenvalue weighted by Crippen LogP contribution is 2.25. The molecule has 3 rings (SSSR count). The Morgan fingerprint density at radius 3 is 2.29 bits per heavy atom. The van der Waals surface area contributed by atoms with Crippen LogP contribution in [0.1, 0.15) is 10.4 Å². The van der Waals surface area contributed by atoms with Gasteiger partial charge in [0.2, 0.25) is 0 Å². The molecule has 0 fully saturated rings. The summed E-state index contributed by atoms with van der Waals surface area (Å²) in [6.07, 6.45) is -7.80. The number of ether oxygens (including phenoxy) is 1. The van der Waals surface area contributed by atoms with Crippen LogP contribution in [0.15, 0.2) is 57.7 Å². The van der Waals surface area contributed by atoms with Crippen molar-refractivity contribution in [2.24, 2.45) is 0 Å². The van der Waals surface area contributed by atoms with Crippen LogP contribution in [0.3, 0.4) is 0 Å². The van der Waals surface area contributed by atoms with Crippen molar-refractivity contribution in [3.63, 3.8) is 0 Å². The average Bonchev–Trinajstić information content (AvgIpc) is 2.81. The molecule has 1 aromatic heterocycles. The fraction of sp³-hybridized carbons (Fsp3) is 0.273. The number of hydrogen-bond donors (Lipinski definition) is 5. The van der Waals surface area contributed by atoms with Crippen LogP contribution in [-0.2, 0) is 0 Å². The molecule has 4 atom stereocenters. The highest BCUT2D eigenvalue weighted by molar-refractivity contribution is 6.02. The van der Waals surface area contributed by atoms with Gasteiger partial charge in [0.15, 0.2) is 11.2 Å². The van der Waals surface area contributed by atoms with Crippen molar-refractivity contribution in [3.8, 4) is 17.1 Å². The molecule has 9 heteroatoms. The highest BCUT2D eigenvalue weighted by atomic mass is 16.5. The Hall–Kier alpha value is -3.08. The zero-order valence-corrected chi connectivity index (χ0v) is 16.5. The minimum atomic E-state index is -2.08. The second-order valence-electron chi connectivity index (χ2n) is 6.95. The van der Waals surface area contributed by atoms with E-state index in [4.69, 9.17) is 14.3 Å². The molecule has 0 aliphatic rings. The molecule has 0 aliphatic carbocycles. The summed E-state index contributed by atoms with van der Waals surface area (Å²) in [6.45, 7) is -0.867. The molecule has 2 aromatic carbocycles. The number of ketones is 1. The van der Waals surface area contributed by atoms with E-state index in [0.29, 0.717) is 11.3 Å². The molecule has 1 heterocycles. The SMILES string of the molecule is COc1ccc(-c2cc(=O)c3ccc(C(=O)[C@H](O)[C@@H](O)[C@H](O)[C@H](O)CO)cc3o2)cc1. The lowest BCUT2D eigenvalue weighted by Crippen LogP contribution is -2.48. The molecule has 164 valence electrons. The summed E-state index contributed by atoms with van der Waals surface area (Å²) in [5.74, 6) is -0.0799. The van der Waals surface area contributed by atoms with Crippen molar-refractivity contribution < 1.29 is 39.5 Å². The van der Waals surface area contributed by atoms with Gasteiger partial charge in [0.05, 0.1) is 19.1 Å². The number of fused-ring (bicyclic) bond motifs is 1. The number of carbonyl (C=O) groups excluding carboxylic acids is 1. The van der Waals surface area contributed by atoms with Crippen LogP contribution >= 0.6 is 0 Å². The van der Waals surface area contributed by atoms with Gasteiger partial charge in [-0.25, -0.2) is 0 Å². The van der Waals surface area contributed by atoms with Gasteiger partial charge in [-0.2, -0.15) is 0 Å². The monoisotopic (exact) mass is 430 g/mol. The van der Waals surface area contributed by atoms with Crippen molar-refractivity contribution in [2.45, 2.75) is 24.4 Å². The number of rotatable bonds is 8. The minimum absolute atomic E-state index is 0.0835. The number of aliphatic hydroxyl groups is 5. The largest absolute Gasteiger partial charge is 0.497 e. The molecule has 5 N–H and O–H groups in total. The first kappa shape index (κ1) is 22.6. The van der Waals surface area contributed by atoms with E-state index in [1.54, 1.807) is 24.3 Å². The molecule has 0 spiro atoms. The summed E-state index contributed by atoms with van der Waals surface area (Å²) in [5.41, 5.74) is 0.266. The smallest absolute Gasteiger partial charge is 0.194 e. The number of hydrogen-bond acceptors (Lipinski definition) is 9. The van der Waals surface area contributed by atoms with Gasteiger partial charge in [0.1, 0.15) is 41.5 Å². The van der Waals surface area contributed by atoms with Crippen molar-refractivity contribution in [1.29, 1.82) is 0 Å². The first-order valence-electron chi connectivity index (χ1n) is 9.36. The number of aliphatic hydroxyl groups excluding tert-OH is 5. The molecule has 0 unspecified atom stereocenters. The van der Waals surface area contributed by atoms with Crippen LogP contribution in [0.4, 0.5) is 0 Å². The average molecular weight is 430 g/mol. The van der Waals surface area contributed by atoms with Gasteiger partial charge >= 0.3 is 0 Å². The molecule has 0 bridgehead atoms. The summed E-state index contributed by atoms with van der Waals surface area (Å²) in [5, 5.41) is 48.2. The summed E-state index contributed by atoms with van der Waals surface area (Å²) < 4.78 is 10.9. The first-order chi connectivity index (χ1) is 14.8. The van der Waals surface area contributed by atoms with Gasteiger partial charge < -0.3 is 34.7 Å². The van der Waals surface area contributed by atoms with E-state index in [2.05, 4.69) is 0 Å². The van der Waals surface area contributed by atoms with E-state index >= 15 is 0 Å². The number of Topliss-reactive ketones (excluding diaryl/α,β-unsaturated/α-hetero) is 1. The molecule has 0 aliphatic heterocycles. The third-order valence-corrected chi connectivity index (χ3v) is 4.91. The van der Waals surface area contributed by atoms with E-state index in [1.165, 1.54) is 31.4 Å². The van der Waals surface area contributed by atoms with E-state index in [-0.39, 0.29) is 27.7 Å². The maximum Gasteiger partial charge on any atom is 0.194 e. The fourth-order valence-electron chi connectivity index (χ4n) is 3.05. The van der Waals surface area contributed by atoms with Gasteiger partial charge in [-0.1, -0.05) is 6.07 Å². The van der Waals surface area contributed by atoms with Gasteiger partial charge in [-0.3, -0.25) is 9.59 Å². The number of methoxy groups -OCH3 is 1. The van der Waals surface area contributed by atoms with Gasteiger partial charge in [0.25, 0.3) is 0 Å². The lowest BCUT2D eigenvalue weighted by atomic mass is 9.96. The maximum absolute atomic E-state index is 12.6. The second-order valence-corrected chi connectivity index (χ2v) is 6.95. The minimum Gasteiger partial charge on any atom is -0.497 e. The summed E-state index contributed by atoms with van der Waals surface area (Å²) >= 11 is 0. The molecule has 9 nitrogen and oxygen atoms in total. The van der Waals surface area contributed by atoms with Crippen LogP contribution < -0.4 is 10.2 Å². The highest BCUT2D eigenvalue weighted by Gasteiger charge is 2.34. The Bertz CT molecular complexity index is 1120. The molecular weight excluding hydrogens is 408 g/mol. The Morgan fingerprint density at radius 1 is 1.00 bits per heavy atom. The van der Waals surface area contributed by atoms with Gasteiger partial charge in [-0.15, -0.1) is 0 Å². The zero-order valence-electron chi connectivity index (χ0n) is 16.5. The predicted octanol–water partition coefficient (Wildman–Crippen LogP) is 0.0872. The van der Waals surface area contributed by atoms with Crippen molar-refractivity contribution in [2.75, 3.05) is 13.7 Å². The maximum atomic E-state index is 12.6.